The van der Waals surface area contributed by atoms with Crippen molar-refractivity contribution in [1.29, 1.82) is 0 Å². The Morgan fingerprint density at radius 1 is 1.13 bits per heavy atom. The Balaban J connectivity index is 0.00000450. The van der Waals surface area contributed by atoms with Gasteiger partial charge >= 0.3 is 0 Å². The van der Waals surface area contributed by atoms with Crippen molar-refractivity contribution in [2.24, 2.45) is 10.9 Å². The van der Waals surface area contributed by atoms with E-state index in [4.69, 9.17) is 19.2 Å². The van der Waals surface area contributed by atoms with E-state index < -0.39 is 0 Å². The highest BCUT2D eigenvalue weighted by molar-refractivity contribution is 14.0. The molecular weight excluding hydrogens is 499 g/mol. The van der Waals surface area contributed by atoms with Gasteiger partial charge < -0.3 is 29.7 Å². The average molecular weight is 534 g/mol. The van der Waals surface area contributed by atoms with Crippen LogP contribution in [0.15, 0.2) is 17.1 Å². The molecule has 0 radical (unpaired) electrons. The zero-order valence-electron chi connectivity index (χ0n) is 18.6. The maximum Gasteiger partial charge on any atom is 0.220 e. The summed E-state index contributed by atoms with van der Waals surface area (Å²) < 4.78 is 16.2. The van der Waals surface area contributed by atoms with Gasteiger partial charge in [0.2, 0.25) is 11.7 Å². The van der Waals surface area contributed by atoms with Crippen molar-refractivity contribution in [2.45, 2.75) is 32.7 Å². The Morgan fingerprint density at radius 3 is 2.20 bits per heavy atom. The van der Waals surface area contributed by atoms with Gasteiger partial charge in [-0.25, -0.2) is 4.99 Å². The standard InChI is InChI=1S/C21H34N4O4.HI/c1-6-23-21(25-9-7-15(8-10-25)13-19(26)22-2)24-14-16-11-17(27-3)20(29-5)18(12-16)28-4;/h11-12,15H,6-10,13-14H2,1-5H3,(H,22,26)(H,23,24);1H. The minimum Gasteiger partial charge on any atom is -0.493 e. The zero-order valence-corrected chi connectivity index (χ0v) is 20.9. The number of amides is 1. The molecule has 1 amide bonds. The van der Waals surface area contributed by atoms with Gasteiger partial charge in [-0.2, -0.15) is 0 Å². The molecule has 0 spiro atoms. The maximum absolute atomic E-state index is 11.6. The Morgan fingerprint density at radius 2 is 1.73 bits per heavy atom. The Bertz CT molecular complexity index is 681. The Labute approximate surface area is 196 Å². The van der Waals surface area contributed by atoms with E-state index >= 15 is 0 Å². The summed E-state index contributed by atoms with van der Waals surface area (Å²) in [6.07, 6.45) is 2.58. The summed E-state index contributed by atoms with van der Waals surface area (Å²) in [5.41, 5.74) is 0.976. The van der Waals surface area contributed by atoms with Gasteiger partial charge in [0.25, 0.3) is 0 Å². The second kappa shape index (κ2) is 13.4. The van der Waals surface area contributed by atoms with Gasteiger partial charge in [0.1, 0.15) is 0 Å². The Hall–Kier alpha value is -1.91. The third-order valence-electron chi connectivity index (χ3n) is 5.14. The Kier molecular flexibility index (Phi) is 11.7. The second-order valence-corrected chi connectivity index (χ2v) is 7.01. The largest absolute Gasteiger partial charge is 0.493 e. The maximum atomic E-state index is 11.6. The number of hydrogen-bond acceptors (Lipinski definition) is 5. The molecule has 0 saturated carbocycles. The number of piperidine rings is 1. The molecule has 8 nitrogen and oxygen atoms in total. The first-order chi connectivity index (χ1) is 14.1. The molecule has 1 aromatic carbocycles. The van der Waals surface area contributed by atoms with Crippen LogP contribution < -0.4 is 24.8 Å². The van der Waals surface area contributed by atoms with Gasteiger partial charge in [0.05, 0.1) is 27.9 Å². The molecule has 0 aromatic heterocycles. The van der Waals surface area contributed by atoms with E-state index in [1.54, 1.807) is 28.4 Å². The van der Waals surface area contributed by atoms with Crippen molar-refractivity contribution in [3.05, 3.63) is 17.7 Å². The van der Waals surface area contributed by atoms with Gasteiger partial charge in [-0.05, 0) is 43.4 Å². The van der Waals surface area contributed by atoms with Crippen LogP contribution in [0.1, 0.15) is 31.7 Å². The van der Waals surface area contributed by atoms with Gasteiger partial charge in [0.15, 0.2) is 17.5 Å². The predicted molar refractivity (Wildman–Crippen MR) is 129 cm³/mol. The lowest BCUT2D eigenvalue weighted by Crippen LogP contribution is -2.46. The predicted octanol–water partition coefficient (Wildman–Crippen LogP) is 2.64. The molecule has 0 aliphatic carbocycles. The minimum absolute atomic E-state index is 0. The topological polar surface area (TPSA) is 84.4 Å². The highest BCUT2D eigenvalue weighted by Gasteiger charge is 2.23. The number of ether oxygens (including phenoxy) is 3. The molecule has 1 aliphatic heterocycles. The number of nitrogens with zero attached hydrogens (tertiary/aromatic N) is 2. The van der Waals surface area contributed by atoms with Crippen LogP contribution in [0.3, 0.4) is 0 Å². The van der Waals surface area contributed by atoms with Crippen molar-refractivity contribution in [3.8, 4) is 17.2 Å². The number of nitrogens with one attached hydrogen (secondary N) is 2. The molecule has 2 rings (SSSR count). The summed E-state index contributed by atoms with van der Waals surface area (Å²) in [5.74, 6) is 3.26. The fourth-order valence-corrected chi connectivity index (χ4v) is 3.53. The van der Waals surface area contributed by atoms with Crippen LogP contribution in [0.4, 0.5) is 0 Å². The van der Waals surface area contributed by atoms with Crippen LogP contribution in [0, 0.1) is 5.92 Å². The summed E-state index contributed by atoms with van der Waals surface area (Å²) in [4.78, 5) is 18.7. The molecule has 1 heterocycles. The van der Waals surface area contributed by atoms with E-state index in [2.05, 4.69) is 22.5 Å². The molecule has 1 aliphatic rings. The highest BCUT2D eigenvalue weighted by atomic mass is 127. The van der Waals surface area contributed by atoms with Gasteiger partial charge in [-0.3, -0.25) is 4.79 Å². The third-order valence-corrected chi connectivity index (χ3v) is 5.14. The van der Waals surface area contributed by atoms with E-state index in [1.165, 1.54) is 0 Å². The summed E-state index contributed by atoms with van der Waals surface area (Å²) in [6, 6.07) is 3.84. The minimum atomic E-state index is 0. The quantitative estimate of drug-likeness (QED) is 0.303. The van der Waals surface area contributed by atoms with Crippen molar-refractivity contribution in [1.82, 2.24) is 15.5 Å². The van der Waals surface area contributed by atoms with E-state index in [-0.39, 0.29) is 29.9 Å². The molecular formula is C21H35IN4O4. The van der Waals surface area contributed by atoms with E-state index in [9.17, 15) is 4.79 Å². The van der Waals surface area contributed by atoms with Crippen molar-refractivity contribution < 1.29 is 19.0 Å². The highest BCUT2D eigenvalue weighted by Crippen LogP contribution is 2.38. The van der Waals surface area contributed by atoms with Crippen LogP contribution in [0.25, 0.3) is 0 Å². The van der Waals surface area contributed by atoms with E-state index in [0.29, 0.717) is 36.1 Å². The molecule has 170 valence electrons. The van der Waals surface area contributed by atoms with Crippen molar-refractivity contribution >= 4 is 35.8 Å². The first-order valence-electron chi connectivity index (χ1n) is 10.1. The molecule has 0 atom stereocenters. The molecule has 1 saturated heterocycles. The molecule has 1 fully saturated rings. The lowest BCUT2D eigenvalue weighted by atomic mass is 9.93. The van der Waals surface area contributed by atoms with Gasteiger partial charge in [-0.1, -0.05) is 0 Å². The fourth-order valence-electron chi connectivity index (χ4n) is 3.53. The zero-order chi connectivity index (χ0) is 21.2. The first kappa shape index (κ1) is 26.1. The summed E-state index contributed by atoms with van der Waals surface area (Å²) in [6.45, 7) is 5.14. The average Bonchev–Trinajstić information content (AvgIpc) is 2.76. The number of aliphatic imine (C=N–C) groups is 1. The summed E-state index contributed by atoms with van der Waals surface area (Å²) in [5, 5.41) is 6.09. The molecule has 0 unspecified atom stereocenters. The molecule has 30 heavy (non-hydrogen) atoms. The van der Waals surface area contributed by atoms with Crippen LogP contribution in [0.5, 0.6) is 17.2 Å². The number of guanidine groups is 1. The number of benzene rings is 1. The van der Waals surface area contributed by atoms with Gasteiger partial charge in [-0.15, -0.1) is 24.0 Å². The van der Waals surface area contributed by atoms with Crippen molar-refractivity contribution in [2.75, 3.05) is 48.0 Å². The molecule has 2 N–H and O–H groups in total. The number of carbonyl (C=O) groups is 1. The van der Waals surface area contributed by atoms with Crippen LogP contribution >= 0.6 is 24.0 Å². The third kappa shape index (κ3) is 7.10. The second-order valence-electron chi connectivity index (χ2n) is 7.01. The smallest absolute Gasteiger partial charge is 0.220 e. The van der Waals surface area contributed by atoms with Crippen LogP contribution in [-0.4, -0.2) is 64.8 Å². The van der Waals surface area contributed by atoms with Crippen LogP contribution in [0.2, 0.25) is 0 Å². The number of likely N-dealkylation sites (tertiary alicyclic amines) is 1. The van der Waals surface area contributed by atoms with Gasteiger partial charge in [0, 0.05) is 33.1 Å². The molecule has 9 heteroatoms. The number of carbonyl (C=O) groups excluding carboxylic acids is 1. The lowest BCUT2D eigenvalue weighted by Gasteiger charge is -2.34. The van der Waals surface area contributed by atoms with E-state index in [1.807, 2.05) is 12.1 Å². The summed E-state index contributed by atoms with van der Waals surface area (Å²) >= 11 is 0. The monoisotopic (exact) mass is 534 g/mol. The lowest BCUT2D eigenvalue weighted by molar-refractivity contribution is -0.121. The normalized spacial score (nSPS) is 14.6. The number of hydrogen-bond donors (Lipinski definition) is 2. The first-order valence-corrected chi connectivity index (χ1v) is 10.1. The summed E-state index contributed by atoms with van der Waals surface area (Å²) in [7, 11) is 6.50. The number of halogens is 1. The number of rotatable bonds is 8. The SMILES string of the molecule is CCNC(=NCc1cc(OC)c(OC)c(OC)c1)N1CCC(CC(=O)NC)CC1.I. The molecule has 0 bridgehead atoms. The number of methoxy groups -OCH3 is 3. The van der Waals surface area contributed by atoms with Crippen LogP contribution in [-0.2, 0) is 11.3 Å². The van der Waals surface area contributed by atoms with E-state index in [0.717, 1.165) is 44.0 Å². The fraction of sp³-hybridized carbons (Fsp3) is 0.619. The molecule has 1 aromatic rings. The van der Waals surface area contributed by atoms with Crippen molar-refractivity contribution in [3.63, 3.8) is 0 Å².